The Balaban J connectivity index is 2.13. The third kappa shape index (κ3) is 2.18. The van der Waals surface area contributed by atoms with Crippen molar-refractivity contribution in [3.8, 4) is 11.3 Å². The maximum Gasteiger partial charge on any atom is 0.303 e. The molecule has 1 aromatic carbocycles. The minimum atomic E-state index is -0.824. The lowest BCUT2D eigenvalue weighted by atomic mass is 10.1. The molecule has 0 saturated heterocycles. The summed E-state index contributed by atoms with van der Waals surface area (Å²) in [5, 5.41) is 17.1. The molecule has 3 aromatic rings. The number of benzene rings is 1. The van der Waals surface area contributed by atoms with Crippen LogP contribution in [0.4, 0.5) is 0 Å². The molecule has 2 heterocycles. The number of hydrogen-bond donors (Lipinski definition) is 1. The molecule has 0 unspecified atom stereocenters. The second kappa shape index (κ2) is 5.05. The highest BCUT2D eigenvalue weighted by molar-refractivity contribution is 7.17. The minimum absolute atomic E-state index is 0.0594. The Kier molecular flexibility index (Phi) is 3.23. The Bertz CT molecular complexity index is 761. The maximum atomic E-state index is 10.7. The highest BCUT2D eigenvalue weighted by Crippen LogP contribution is 2.31. The minimum Gasteiger partial charge on any atom is -0.481 e. The summed E-state index contributed by atoms with van der Waals surface area (Å²) >= 11 is 1.57. The quantitative estimate of drug-likeness (QED) is 0.801. The van der Waals surface area contributed by atoms with Gasteiger partial charge in [-0.25, -0.2) is 0 Å². The number of fused-ring (bicyclic) bond motifs is 1. The van der Waals surface area contributed by atoms with Crippen molar-refractivity contribution in [3.63, 3.8) is 0 Å². The number of aromatic nitrogens is 3. The van der Waals surface area contributed by atoms with Crippen LogP contribution in [-0.4, -0.2) is 25.7 Å². The fraction of sp³-hybridized carbons (Fsp3) is 0.214. The number of rotatable bonds is 4. The van der Waals surface area contributed by atoms with Crippen LogP contribution in [0.3, 0.4) is 0 Å². The van der Waals surface area contributed by atoms with Gasteiger partial charge in [0.2, 0.25) is 4.96 Å². The molecule has 0 fully saturated rings. The van der Waals surface area contributed by atoms with Gasteiger partial charge in [-0.1, -0.05) is 41.7 Å². The second-order valence-electron chi connectivity index (χ2n) is 4.50. The molecule has 0 atom stereocenters. The summed E-state index contributed by atoms with van der Waals surface area (Å²) in [7, 11) is 0. The summed E-state index contributed by atoms with van der Waals surface area (Å²) in [6.45, 7) is 2.04. The van der Waals surface area contributed by atoms with Gasteiger partial charge >= 0.3 is 5.97 Å². The topological polar surface area (TPSA) is 67.5 Å². The molecular formula is C14H13N3O2S. The molecule has 102 valence electrons. The van der Waals surface area contributed by atoms with E-state index in [0.29, 0.717) is 12.2 Å². The maximum absolute atomic E-state index is 10.7. The number of carboxylic acids is 1. The van der Waals surface area contributed by atoms with E-state index in [2.05, 4.69) is 10.2 Å². The predicted octanol–water partition coefficient (Wildman–Crippen LogP) is 2.78. The molecule has 0 saturated carbocycles. The van der Waals surface area contributed by atoms with Crippen molar-refractivity contribution in [2.75, 3.05) is 0 Å². The Hall–Kier alpha value is -2.21. The van der Waals surface area contributed by atoms with Crippen LogP contribution in [0.15, 0.2) is 30.3 Å². The Labute approximate surface area is 119 Å². The average Bonchev–Trinajstić information content (AvgIpc) is 2.95. The summed E-state index contributed by atoms with van der Waals surface area (Å²) < 4.78 is 1.97. The van der Waals surface area contributed by atoms with Crippen LogP contribution in [0.5, 0.6) is 0 Å². The number of nitrogens with zero attached hydrogens (tertiary/aromatic N) is 3. The van der Waals surface area contributed by atoms with Crippen molar-refractivity contribution in [2.24, 2.45) is 0 Å². The number of carbonyl (C=O) groups is 1. The summed E-state index contributed by atoms with van der Waals surface area (Å²) in [5.74, 6) is -0.124. The van der Waals surface area contributed by atoms with E-state index in [4.69, 9.17) is 5.11 Å². The molecule has 0 amide bonds. The molecule has 0 aliphatic carbocycles. The molecule has 0 radical (unpaired) electrons. The lowest BCUT2D eigenvalue weighted by Gasteiger charge is -2.04. The van der Waals surface area contributed by atoms with Gasteiger partial charge in [-0.2, -0.15) is 0 Å². The summed E-state index contributed by atoms with van der Waals surface area (Å²) in [6.07, 6.45) is 0.441. The highest BCUT2D eigenvalue weighted by atomic mass is 32.1. The van der Waals surface area contributed by atoms with Gasteiger partial charge in [-0.05, 0) is 12.5 Å². The highest BCUT2D eigenvalue weighted by Gasteiger charge is 2.17. The third-order valence-corrected chi connectivity index (χ3v) is 4.06. The third-order valence-electron chi connectivity index (χ3n) is 3.11. The van der Waals surface area contributed by atoms with Crippen LogP contribution in [0.25, 0.3) is 16.2 Å². The number of aliphatic carboxylic acids is 1. The van der Waals surface area contributed by atoms with Gasteiger partial charge < -0.3 is 5.11 Å². The molecule has 0 aliphatic heterocycles. The summed E-state index contributed by atoms with van der Waals surface area (Å²) in [6, 6.07) is 10.0. The Morgan fingerprint density at radius 3 is 2.75 bits per heavy atom. The number of aryl methyl sites for hydroxylation is 2. The zero-order valence-electron chi connectivity index (χ0n) is 10.9. The number of hydrogen-bond acceptors (Lipinski definition) is 4. The Morgan fingerprint density at radius 1 is 1.30 bits per heavy atom. The smallest absolute Gasteiger partial charge is 0.303 e. The fourth-order valence-electron chi connectivity index (χ4n) is 2.24. The second-order valence-corrected chi connectivity index (χ2v) is 5.68. The fourth-order valence-corrected chi connectivity index (χ4v) is 3.19. The van der Waals surface area contributed by atoms with Crippen molar-refractivity contribution in [2.45, 2.75) is 19.8 Å². The molecule has 20 heavy (non-hydrogen) atoms. The average molecular weight is 287 g/mol. The zero-order chi connectivity index (χ0) is 14.1. The van der Waals surface area contributed by atoms with E-state index in [1.807, 2.05) is 41.7 Å². The van der Waals surface area contributed by atoms with E-state index >= 15 is 0 Å². The monoisotopic (exact) mass is 287 g/mol. The Morgan fingerprint density at radius 2 is 2.05 bits per heavy atom. The van der Waals surface area contributed by atoms with Crippen molar-refractivity contribution in [3.05, 3.63) is 41.0 Å². The first-order valence-corrected chi connectivity index (χ1v) is 7.09. The van der Waals surface area contributed by atoms with Crippen molar-refractivity contribution in [1.82, 2.24) is 14.6 Å². The largest absolute Gasteiger partial charge is 0.481 e. The van der Waals surface area contributed by atoms with E-state index in [1.165, 1.54) is 0 Å². The predicted molar refractivity (Wildman–Crippen MR) is 77.0 cm³/mol. The lowest BCUT2D eigenvalue weighted by Crippen LogP contribution is -2.02. The van der Waals surface area contributed by atoms with Crippen LogP contribution in [-0.2, 0) is 11.2 Å². The first kappa shape index (κ1) is 12.8. The molecule has 0 aliphatic rings. The molecular weight excluding hydrogens is 274 g/mol. The first-order valence-electron chi connectivity index (χ1n) is 6.27. The SMILES string of the molecule is Cc1sc2nnc(CCC(=O)O)n2c1-c1ccccc1. The van der Waals surface area contributed by atoms with Gasteiger partial charge in [0.1, 0.15) is 5.82 Å². The van der Waals surface area contributed by atoms with Crippen molar-refractivity contribution < 1.29 is 9.90 Å². The molecule has 3 rings (SSSR count). The van der Waals surface area contributed by atoms with E-state index < -0.39 is 5.97 Å². The van der Waals surface area contributed by atoms with Crippen LogP contribution in [0, 0.1) is 6.92 Å². The van der Waals surface area contributed by atoms with Crippen LogP contribution >= 0.6 is 11.3 Å². The zero-order valence-corrected chi connectivity index (χ0v) is 11.7. The summed E-state index contributed by atoms with van der Waals surface area (Å²) in [5.41, 5.74) is 2.14. The van der Waals surface area contributed by atoms with Gasteiger partial charge in [0.15, 0.2) is 0 Å². The lowest BCUT2D eigenvalue weighted by molar-refractivity contribution is -0.137. The first-order chi connectivity index (χ1) is 9.66. The molecule has 6 heteroatoms. The van der Waals surface area contributed by atoms with Crippen LogP contribution < -0.4 is 0 Å². The van der Waals surface area contributed by atoms with Crippen LogP contribution in [0.1, 0.15) is 17.1 Å². The van der Waals surface area contributed by atoms with Gasteiger partial charge in [-0.3, -0.25) is 9.20 Å². The molecule has 0 spiro atoms. The molecule has 1 N–H and O–H groups in total. The number of carboxylic acid groups (broad SMARTS) is 1. The normalized spacial score (nSPS) is 11.1. The van der Waals surface area contributed by atoms with Gasteiger partial charge in [0, 0.05) is 11.3 Å². The van der Waals surface area contributed by atoms with Gasteiger partial charge in [0.05, 0.1) is 12.1 Å². The molecule has 2 aromatic heterocycles. The van der Waals surface area contributed by atoms with Crippen molar-refractivity contribution >= 4 is 22.3 Å². The van der Waals surface area contributed by atoms with E-state index in [0.717, 1.165) is 21.1 Å². The van der Waals surface area contributed by atoms with Gasteiger partial charge in [-0.15, -0.1) is 10.2 Å². The van der Waals surface area contributed by atoms with E-state index in [1.54, 1.807) is 11.3 Å². The number of thiazole rings is 1. The van der Waals surface area contributed by atoms with Gasteiger partial charge in [0.25, 0.3) is 0 Å². The standard InChI is InChI=1S/C14H13N3O2S/c1-9-13(10-5-3-2-4-6-10)17-11(7-8-12(18)19)15-16-14(17)20-9/h2-6H,7-8H2,1H3,(H,18,19). The van der Waals surface area contributed by atoms with E-state index in [9.17, 15) is 4.79 Å². The van der Waals surface area contributed by atoms with Crippen molar-refractivity contribution in [1.29, 1.82) is 0 Å². The molecule has 5 nitrogen and oxygen atoms in total. The van der Waals surface area contributed by atoms with Crippen LogP contribution in [0.2, 0.25) is 0 Å². The molecule has 0 bridgehead atoms. The summed E-state index contributed by atoms with van der Waals surface area (Å²) in [4.78, 5) is 12.7. The van der Waals surface area contributed by atoms with E-state index in [-0.39, 0.29) is 6.42 Å².